The first-order chi connectivity index (χ1) is 10.0. The first kappa shape index (κ1) is 15.5. The van der Waals surface area contributed by atoms with Crippen LogP contribution in [0.1, 0.15) is 6.92 Å². The first-order valence-electron chi connectivity index (χ1n) is 5.98. The molecule has 2 aromatic rings. The fourth-order valence-corrected chi connectivity index (χ4v) is 2.18. The van der Waals surface area contributed by atoms with Crippen LogP contribution in [0.4, 0.5) is 23.0 Å². The van der Waals surface area contributed by atoms with Crippen LogP contribution >= 0.6 is 27.5 Å². The van der Waals surface area contributed by atoms with E-state index in [2.05, 4.69) is 36.5 Å². The highest BCUT2D eigenvalue weighted by molar-refractivity contribution is 9.10. The standard InChI is InChI=1S/C12H11BrClN5O2/c1-2-15-11-10(19(20)21)12(17-6-16-11)18-9-5-7(14)3-4-8(9)13/h3-6H,2H2,1H3,(H2,15,16,17,18). The van der Waals surface area contributed by atoms with Crippen LogP contribution in [0, 0.1) is 10.1 Å². The molecule has 1 aromatic carbocycles. The van der Waals surface area contributed by atoms with Crippen molar-refractivity contribution in [2.75, 3.05) is 17.2 Å². The lowest BCUT2D eigenvalue weighted by atomic mass is 10.3. The van der Waals surface area contributed by atoms with Crippen LogP contribution in [0.2, 0.25) is 5.02 Å². The zero-order valence-electron chi connectivity index (χ0n) is 10.9. The summed E-state index contributed by atoms with van der Waals surface area (Å²) < 4.78 is 0.713. The normalized spacial score (nSPS) is 10.2. The Morgan fingerprint density at radius 2 is 2.10 bits per heavy atom. The molecule has 1 aromatic heterocycles. The van der Waals surface area contributed by atoms with Crippen molar-refractivity contribution in [2.24, 2.45) is 0 Å². The van der Waals surface area contributed by atoms with E-state index >= 15 is 0 Å². The average Bonchev–Trinajstić information content (AvgIpc) is 2.43. The number of anilines is 3. The quantitative estimate of drug-likeness (QED) is 0.609. The minimum atomic E-state index is -0.529. The summed E-state index contributed by atoms with van der Waals surface area (Å²) in [6, 6.07) is 5.09. The molecule has 0 aliphatic heterocycles. The smallest absolute Gasteiger partial charge is 0.353 e. The van der Waals surface area contributed by atoms with Gasteiger partial charge in [0.15, 0.2) is 0 Å². The molecule has 0 saturated heterocycles. The number of hydrogen-bond acceptors (Lipinski definition) is 6. The number of hydrogen-bond donors (Lipinski definition) is 2. The molecule has 0 radical (unpaired) electrons. The second-order valence-corrected chi connectivity index (χ2v) is 5.25. The van der Waals surface area contributed by atoms with Gasteiger partial charge in [-0.05, 0) is 41.1 Å². The Kier molecular flexibility index (Phi) is 4.92. The van der Waals surface area contributed by atoms with Gasteiger partial charge in [0.05, 0.1) is 10.6 Å². The third-order valence-corrected chi connectivity index (χ3v) is 3.46. The van der Waals surface area contributed by atoms with E-state index < -0.39 is 4.92 Å². The van der Waals surface area contributed by atoms with E-state index in [0.29, 0.717) is 21.7 Å². The van der Waals surface area contributed by atoms with Gasteiger partial charge in [0.1, 0.15) is 6.33 Å². The first-order valence-corrected chi connectivity index (χ1v) is 7.15. The van der Waals surface area contributed by atoms with Gasteiger partial charge in [-0.15, -0.1) is 0 Å². The minimum absolute atomic E-state index is 0.0916. The monoisotopic (exact) mass is 371 g/mol. The molecule has 21 heavy (non-hydrogen) atoms. The second-order valence-electron chi connectivity index (χ2n) is 3.96. The van der Waals surface area contributed by atoms with Crippen LogP contribution in [0.15, 0.2) is 29.0 Å². The van der Waals surface area contributed by atoms with Gasteiger partial charge in [-0.2, -0.15) is 0 Å². The summed E-state index contributed by atoms with van der Waals surface area (Å²) in [4.78, 5) is 18.6. The molecule has 2 rings (SSSR count). The van der Waals surface area contributed by atoms with Crippen molar-refractivity contribution >= 4 is 50.5 Å². The summed E-state index contributed by atoms with van der Waals surface area (Å²) in [5.74, 6) is 0.257. The highest BCUT2D eigenvalue weighted by Gasteiger charge is 2.23. The molecule has 0 saturated carbocycles. The largest absolute Gasteiger partial charge is 0.364 e. The van der Waals surface area contributed by atoms with E-state index in [1.54, 1.807) is 18.2 Å². The Morgan fingerprint density at radius 1 is 1.38 bits per heavy atom. The number of nitrogens with zero attached hydrogens (tertiary/aromatic N) is 3. The topological polar surface area (TPSA) is 93.0 Å². The molecule has 0 spiro atoms. The zero-order chi connectivity index (χ0) is 15.4. The molecule has 0 unspecified atom stereocenters. The molecule has 9 heteroatoms. The lowest BCUT2D eigenvalue weighted by Gasteiger charge is -2.10. The van der Waals surface area contributed by atoms with Gasteiger partial charge in [-0.25, -0.2) is 9.97 Å². The van der Waals surface area contributed by atoms with Gasteiger partial charge in [0, 0.05) is 16.0 Å². The molecule has 0 aliphatic rings. The van der Waals surface area contributed by atoms with E-state index in [0.717, 1.165) is 0 Å². The van der Waals surface area contributed by atoms with Crippen LogP contribution in [0.25, 0.3) is 0 Å². The van der Waals surface area contributed by atoms with Crippen molar-refractivity contribution in [3.8, 4) is 0 Å². The summed E-state index contributed by atoms with van der Waals surface area (Å²) in [5.41, 5.74) is 0.359. The predicted octanol–water partition coefficient (Wildman–Crippen LogP) is 3.98. The van der Waals surface area contributed by atoms with Crippen molar-refractivity contribution in [3.05, 3.63) is 44.1 Å². The van der Waals surface area contributed by atoms with Gasteiger partial charge in [0.2, 0.25) is 11.6 Å². The van der Waals surface area contributed by atoms with Crippen molar-refractivity contribution in [1.82, 2.24) is 9.97 Å². The Balaban J connectivity index is 2.46. The highest BCUT2D eigenvalue weighted by atomic mass is 79.9. The molecule has 0 fully saturated rings. The van der Waals surface area contributed by atoms with Crippen molar-refractivity contribution < 1.29 is 4.92 Å². The summed E-state index contributed by atoms with van der Waals surface area (Å²) in [6.45, 7) is 2.34. The molecule has 7 nitrogen and oxygen atoms in total. The van der Waals surface area contributed by atoms with Gasteiger partial charge < -0.3 is 10.6 Å². The Morgan fingerprint density at radius 3 is 2.76 bits per heavy atom. The van der Waals surface area contributed by atoms with Gasteiger partial charge in [-0.3, -0.25) is 10.1 Å². The SMILES string of the molecule is CCNc1ncnc(Nc2cc(Cl)ccc2Br)c1[N+](=O)[O-]. The van der Waals surface area contributed by atoms with Crippen molar-refractivity contribution in [1.29, 1.82) is 0 Å². The van der Waals surface area contributed by atoms with Gasteiger partial charge in [0.25, 0.3) is 0 Å². The molecule has 0 aliphatic carbocycles. The maximum absolute atomic E-state index is 11.3. The van der Waals surface area contributed by atoms with Crippen LogP contribution in [-0.4, -0.2) is 21.4 Å². The van der Waals surface area contributed by atoms with E-state index in [1.807, 2.05) is 6.92 Å². The summed E-state index contributed by atoms with van der Waals surface area (Å²) in [7, 11) is 0. The molecule has 1 heterocycles. The molecular formula is C12H11BrClN5O2. The fourth-order valence-electron chi connectivity index (χ4n) is 1.66. The third-order valence-electron chi connectivity index (χ3n) is 2.53. The van der Waals surface area contributed by atoms with Crippen molar-refractivity contribution in [3.63, 3.8) is 0 Å². The van der Waals surface area contributed by atoms with E-state index in [1.165, 1.54) is 6.33 Å². The Labute approximate surface area is 134 Å². The summed E-state index contributed by atoms with van der Waals surface area (Å²) >= 11 is 9.28. The van der Waals surface area contributed by atoms with Gasteiger partial charge >= 0.3 is 5.69 Å². The number of halogens is 2. The molecule has 0 bridgehead atoms. The number of benzene rings is 1. The predicted molar refractivity (Wildman–Crippen MR) is 85.3 cm³/mol. The third kappa shape index (κ3) is 3.59. The second kappa shape index (κ2) is 6.68. The van der Waals surface area contributed by atoms with Crippen LogP contribution in [0.3, 0.4) is 0 Å². The zero-order valence-corrected chi connectivity index (χ0v) is 13.3. The number of nitrogens with one attached hydrogen (secondary N) is 2. The molecule has 0 atom stereocenters. The average molecular weight is 373 g/mol. The Bertz CT molecular complexity index is 683. The summed E-state index contributed by atoms with van der Waals surface area (Å²) in [5, 5.41) is 17.5. The highest BCUT2D eigenvalue weighted by Crippen LogP contribution is 2.34. The van der Waals surface area contributed by atoms with Crippen LogP contribution in [-0.2, 0) is 0 Å². The summed E-state index contributed by atoms with van der Waals surface area (Å²) in [6.07, 6.45) is 1.26. The minimum Gasteiger partial charge on any atom is -0.364 e. The van der Waals surface area contributed by atoms with Crippen molar-refractivity contribution in [2.45, 2.75) is 6.92 Å². The maximum atomic E-state index is 11.3. The maximum Gasteiger partial charge on any atom is 0.353 e. The number of rotatable bonds is 5. The lowest BCUT2D eigenvalue weighted by Crippen LogP contribution is -2.07. The Hall–Kier alpha value is -1.93. The fraction of sp³-hybridized carbons (Fsp3) is 0.167. The molecular weight excluding hydrogens is 362 g/mol. The van der Waals surface area contributed by atoms with Gasteiger partial charge in [-0.1, -0.05) is 11.6 Å². The number of nitro groups is 1. The van der Waals surface area contributed by atoms with E-state index in [9.17, 15) is 10.1 Å². The van der Waals surface area contributed by atoms with Crippen LogP contribution in [0.5, 0.6) is 0 Å². The molecule has 0 amide bonds. The number of aromatic nitrogens is 2. The molecule has 110 valence electrons. The lowest BCUT2D eigenvalue weighted by molar-refractivity contribution is -0.383. The molecule has 2 N–H and O–H groups in total. The van der Waals surface area contributed by atoms with E-state index in [4.69, 9.17) is 11.6 Å². The van der Waals surface area contributed by atoms with E-state index in [-0.39, 0.29) is 17.3 Å². The van der Waals surface area contributed by atoms with Crippen LogP contribution < -0.4 is 10.6 Å².